The Morgan fingerprint density at radius 3 is 2.67 bits per heavy atom. The molecule has 12 heteroatoms. The minimum absolute atomic E-state index is 0.195. The van der Waals surface area contributed by atoms with Crippen LogP contribution in [0.15, 0.2) is 47.7 Å². The number of amides is 2. The van der Waals surface area contributed by atoms with E-state index in [0.717, 1.165) is 34.4 Å². The van der Waals surface area contributed by atoms with Crippen molar-refractivity contribution in [3.05, 3.63) is 48.2 Å². The molecule has 43 heavy (non-hydrogen) atoms. The second-order valence-corrected chi connectivity index (χ2v) is 12.4. The van der Waals surface area contributed by atoms with E-state index in [1.807, 2.05) is 30.3 Å². The Morgan fingerprint density at radius 2 is 1.88 bits per heavy atom. The molecule has 1 atom stereocenters. The quantitative estimate of drug-likeness (QED) is 0.424. The van der Waals surface area contributed by atoms with Crippen LogP contribution in [0.1, 0.15) is 71.3 Å². The third-order valence-corrected chi connectivity index (χ3v) is 7.99. The van der Waals surface area contributed by atoms with E-state index in [4.69, 9.17) is 14.5 Å². The summed E-state index contributed by atoms with van der Waals surface area (Å²) < 4.78 is 11.9. The van der Waals surface area contributed by atoms with Crippen molar-refractivity contribution in [1.29, 1.82) is 0 Å². The van der Waals surface area contributed by atoms with Gasteiger partial charge < -0.3 is 19.8 Å². The van der Waals surface area contributed by atoms with Gasteiger partial charge in [-0.3, -0.25) is 9.69 Å². The summed E-state index contributed by atoms with van der Waals surface area (Å²) in [6.07, 6.45) is 9.78. The first-order valence-corrected chi connectivity index (χ1v) is 15.0. The minimum Gasteiger partial charge on any atom is -0.488 e. The first-order valence-electron chi connectivity index (χ1n) is 15.0. The number of carbonyl (C=O) groups is 2. The molecule has 0 radical (unpaired) electrons. The Labute approximate surface area is 251 Å². The van der Waals surface area contributed by atoms with E-state index < -0.39 is 30.7 Å². The molecule has 3 heterocycles. The number of likely N-dealkylation sites (tertiary alicyclic amines) is 1. The minimum atomic E-state index is -1.33. The molecule has 3 aliphatic rings. The molecule has 1 aliphatic carbocycles. The molecule has 1 unspecified atom stereocenters. The zero-order chi connectivity index (χ0) is 30.1. The number of ether oxygens (including phenoxy) is 2. The van der Waals surface area contributed by atoms with Crippen molar-refractivity contribution in [3.63, 3.8) is 0 Å². The lowest BCUT2D eigenvalue weighted by atomic mass is 9.69. The summed E-state index contributed by atoms with van der Waals surface area (Å²) in [4.78, 5) is 38.0. The van der Waals surface area contributed by atoms with Crippen LogP contribution in [0.25, 0.3) is 10.9 Å². The molecular weight excluding hydrogens is 547 g/mol. The standard InChI is InChI=1S/C31H37BN6O5/c1-31(2,3)43-30(40)37-16-8-12-25(37)28(39)38-32(41)24-17-22(15-14-20(24)19-34-38)35-29-33-18-21-9-7-13-26(27(21)36-29)42-23-10-5-4-6-11-23/h7,9,13-15,17-19,23,25,41H,4-6,8,10-12,16H2,1-3H3,(H,33,35,36). The van der Waals surface area contributed by atoms with Gasteiger partial charge in [0, 0.05) is 23.8 Å². The summed E-state index contributed by atoms with van der Waals surface area (Å²) in [5.74, 6) is 0.672. The SMILES string of the molecule is CC(C)(C)OC(=O)N1CCCC1C(=O)N1N=Cc2ccc(Nc3ncc4cccc(OC5CCCCC5)c4n3)cc2B1O. The van der Waals surface area contributed by atoms with Gasteiger partial charge in [-0.2, -0.15) is 5.10 Å². The molecule has 3 aromatic rings. The number of aromatic nitrogens is 2. The number of para-hydroxylation sites is 1. The van der Waals surface area contributed by atoms with Gasteiger partial charge in [-0.1, -0.05) is 24.6 Å². The average molecular weight is 584 g/mol. The molecule has 2 fully saturated rings. The third kappa shape index (κ3) is 6.29. The van der Waals surface area contributed by atoms with Crippen LogP contribution < -0.4 is 15.5 Å². The van der Waals surface area contributed by atoms with Crippen molar-refractivity contribution in [2.45, 2.75) is 83.5 Å². The van der Waals surface area contributed by atoms with Gasteiger partial charge >= 0.3 is 13.1 Å². The fourth-order valence-electron chi connectivity index (χ4n) is 5.88. The molecule has 11 nitrogen and oxygen atoms in total. The normalized spacial score (nSPS) is 19.0. The average Bonchev–Trinajstić information content (AvgIpc) is 3.48. The fourth-order valence-corrected chi connectivity index (χ4v) is 5.88. The molecule has 2 amide bonds. The number of fused-ring (bicyclic) bond motifs is 2. The second-order valence-electron chi connectivity index (χ2n) is 12.4. The number of hydrogen-bond donors (Lipinski definition) is 2. The molecule has 224 valence electrons. The van der Waals surface area contributed by atoms with Crippen LogP contribution in [0.4, 0.5) is 16.4 Å². The summed E-state index contributed by atoms with van der Waals surface area (Å²) in [5, 5.41) is 19.6. The number of hydrazone groups is 1. The summed E-state index contributed by atoms with van der Waals surface area (Å²) in [5.41, 5.74) is 1.87. The number of hydrogen-bond acceptors (Lipinski definition) is 9. The van der Waals surface area contributed by atoms with Crippen LogP contribution in [0.2, 0.25) is 0 Å². The fraction of sp³-hybridized carbons (Fsp3) is 0.452. The summed E-state index contributed by atoms with van der Waals surface area (Å²) in [6, 6.07) is 10.5. The lowest BCUT2D eigenvalue weighted by molar-refractivity contribution is -0.132. The highest BCUT2D eigenvalue weighted by Gasteiger charge is 2.43. The van der Waals surface area contributed by atoms with Gasteiger partial charge in [0.25, 0.3) is 5.91 Å². The van der Waals surface area contributed by atoms with Crippen LogP contribution in [0.5, 0.6) is 5.75 Å². The van der Waals surface area contributed by atoms with Crippen LogP contribution in [0.3, 0.4) is 0 Å². The smallest absolute Gasteiger partial charge is 0.474 e. The van der Waals surface area contributed by atoms with E-state index in [9.17, 15) is 14.6 Å². The largest absolute Gasteiger partial charge is 0.488 e. The van der Waals surface area contributed by atoms with Crippen LogP contribution in [-0.4, -0.2) is 74.4 Å². The molecule has 2 aliphatic heterocycles. The topological polar surface area (TPSA) is 129 Å². The van der Waals surface area contributed by atoms with Crippen molar-refractivity contribution in [2.75, 3.05) is 11.9 Å². The molecule has 0 spiro atoms. The highest BCUT2D eigenvalue weighted by Crippen LogP contribution is 2.30. The Hall–Kier alpha value is -4.19. The Bertz CT molecular complexity index is 1550. The van der Waals surface area contributed by atoms with E-state index in [-0.39, 0.29) is 6.10 Å². The predicted octanol–water partition coefficient (Wildman–Crippen LogP) is 4.35. The Kier molecular flexibility index (Phi) is 7.96. The van der Waals surface area contributed by atoms with Crippen LogP contribution >= 0.6 is 0 Å². The summed E-state index contributed by atoms with van der Waals surface area (Å²) in [6.45, 7) is 5.76. The maximum absolute atomic E-state index is 13.5. The monoisotopic (exact) mass is 584 g/mol. The molecule has 6 rings (SSSR count). The molecule has 1 aromatic heterocycles. The number of anilines is 2. The number of nitrogens with one attached hydrogen (secondary N) is 1. The summed E-state index contributed by atoms with van der Waals surface area (Å²) >= 11 is 0. The zero-order valence-corrected chi connectivity index (χ0v) is 24.8. The molecule has 2 aromatic carbocycles. The Morgan fingerprint density at radius 1 is 1.07 bits per heavy atom. The number of nitrogens with zero attached hydrogens (tertiary/aromatic N) is 5. The number of benzene rings is 2. The van der Waals surface area contributed by atoms with Crippen molar-refractivity contribution in [1.82, 2.24) is 19.8 Å². The van der Waals surface area contributed by atoms with Crippen molar-refractivity contribution >= 4 is 53.3 Å². The van der Waals surface area contributed by atoms with E-state index in [0.29, 0.717) is 42.0 Å². The van der Waals surface area contributed by atoms with E-state index >= 15 is 0 Å². The lowest BCUT2D eigenvalue weighted by Crippen LogP contribution is -2.57. The first kappa shape index (κ1) is 28.9. The van der Waals surface area contributed by atoms with Gasteiger partial charge in [0.15, 0.2) is 0 Å². The van der Waals surface area contributed by atoms with Gasteiger partial charge in [0.05, 0.1) is 12.3 Å². The first-order chi connectivity index (χ1) is 20.7. The molecular formula is C31H37BN6O5. The third-order valence-electron chi connectivity index (χ3n) is 7.99. The highest BCUT2D eigenvalue weighted by molar-refractivity contribution is 6.67. The molecule has 1 saturated heterocycles. The van der Waals surface area contributed by atoms with Crippen LogP contribution in [0, 0.1) is 0 Å². The Balaban J connectivity index is 1.19. The lowest BCUT2D eigenvalue weighted by Gasteiger charge is -2.32. The van der Waals surface area contributed by atoms with E-state index in [1.165, 1.54) is 30.4 Å². The molecule has 1 saturated carbocycles. The van der Waals surface area contributed by atoms with Crippen molar-refractivity contribution in [3.8, 4) is 5.75 Å². The van der Waals surface area contributed by atoms with Gasteiger partial charge in [0.2, 0.25) is 5.95 Å². The van der Waals surface area contributed by atoms with Gasteiger partial charge in [-0.25, -0.2) is 19.7 Å². The number of rotatable bonds is 5. The molecule has 2 N–H and O–H groups in total. The molecule has 0 bridgehead atoms. The highest BCUT2D eigenvalue weighted by atomic mass is 16.6. The maximum Gasteiger partial charge on any atom is 0.474 e. The van der Waals surface area contributed by atoms with Crippen molar-refractivity contribution < 1.29 is 24.1 Å². The number of carbonyl (C=O) groups excluding carboxylic acids is 2. The van der Waals surface area contributed by atoms with Gasteiger partial charge in [-0.05, 0) is 88.5 Å². The van der Waals surface area contributed by atoms with E-state index in [2.05, 4.69) is 15.4 Å². The maximum atomic E-state index is 13.5. The van der Waals surface area contributed by atoms with Gasteiger partial charge in [0.1, 0.15) is 22.9 Å². The second kappa shape index (κ2) is 11.8. The zero-order valence-electron chi connectivity index (χ0n) is 24.8. The van der Waals surface area contributed by atoms with Gasteiger partial charge in [-0.15, -0.1) is 0 Å². The van der Waals surface area contributed by atoms with Crippen LogP contribution in [-0.2, 0) is 9.53 Å². The predicted molar refractivity (Wildman–Crippen MR) is 165 cm³/mol. The van der Waals surface area contributed by atoms with Crippen molar-refractivity contribution in [2.24, 2.45) is 5.10 Å². The summed E-state index contributed by atoms with van der Waals surface area (Å²) in [7, 11) is -1.33. The van der Waals surface area contributed by atoms with E-state index in [1.54, 1.807) is 33.0 Å².